The van der Waals surface area contributed by atoms with E-state index in [0.29, 0.717) is 18.8 Å². The SMILES string of the molecule is CC1=CC(O)CC(C)(C)C1(O)/C=C/C(C)=C/C=C/C(C)=C/C=C/C=C(C)/C=C/C=C(\C)C1=CC2C(C)(C)CC(O)CC2(C)O1. The molecule has 0 radical (unpaired) electrons. The number of hydrogen-bond donors (Lipinski definition) is 3. The summed E-state index contributed by atoms with van der Waals surface area (Å²) < 4.78 is 6.41. The normalized spacial score (nSPS) is 33.3. The topological polar surface area (TPSA) is 69.9 Å². The third-order valence-corrected chi connectivity index (χ3v) is 9.59. The van der Waals surface area contributed by atoms with Gasteiger partial charge >= 0.3 is 0 Å². The molecular weight excluding hydrogens is 544 g/mol. The highest BCUT2D eigenvalue weighted by atomic mass is 16.5. The Bertz CT molecular complexity index is 1370. The molecule has 3 N–H and O–H groups in total. The Kier molecular flexibility index (Phi) is 11.3. The highest BCUT2D eigenvalue weighted by Gasteiger charge is 2.53. The Morgan fingerprint density at radius 2 is 1.30 bits per heavy atom. The molecule has 3 aliphatic rings. The maximum atomic E-state index is 11.3. The van der Waals surface area contributed by atoms with Crippen LogP contribution in [0.1, 0.15) is 88.5 Å². The van der Waals surface area contributed by atoms with Crippen LogP contribution in [0.4, 0.5) is 0 Å². The van der Waals surface area contributed by atoms with E-state index in [2.05, 4.69) is 84.1 Å². The fraction of sp³-hybridized carbons (Fsp3) is 0.500. The van der Waals surface area contributed by atoms with Gasteiger partial charge in [-0.25, -0.2) is 0 Å². The van der Waals surface area contributed by atoms with E-state index in [1.807, 2.05) is 64.2 Å². The summed E-state index contributed by atoms with van der Waals surface area (Å²) in [4.78, 5) is 0. The molecule has 3 rings (SSSR count). The van der Waals surface area contributed by atoms with E-state index in [1.165, 1.54) is 0 Å². The van der Waals surface area contributed by atoms with Crippen LogP contribution in [0.5, 0.6) is 0 Å². The van der Waals surface area contributed by atoms with Gasteiger partial charge in [0.15, 0.2) is 0 Å². The van der Waals surface area contributed by atoms with Crippen LogP contribution in [-0.2, 0) is 4.74 Å². The first kappa shape index (κ1) is 35.6. The van der Waals surface area contributed by atoms with Gasteiger partial charge in [-0.1, -0.05) is 117 Å². The minimum atomic E-state index is -1.08. The molecule has 4 nitrogen and oxygen atoms in total. The summed E-state index contributed by atoms with van der Waals surface area (Å²) in [5.74, 6) is 1.22. The summed E-state index contributed by atoms with van der Waals surface area (Å²) in [6, 6.07) is 0. The van der Waals surface area contributed by atoms with E-state index < -0.39 is 17.1 Å². The molecule has 0 spiro atoms. The van der Waals surface area contributed by atoms with E-state index in [4.69, 9.17) is 4.74 Å². The predicted molar refractivity (Wildman–Crippen MR) is 185 cm³/mol. The van der Waals surface area contributed by atoms with Gasteiger partial charge in [-0.2, -0.15) is 0 Å². The fourth-order valence-corrected chi connectivity index (χ4v) is 7.04. The van der Waals surface area contributed by atoms with Crippen molar-refractivity contribution in [2.24, 2.45) is 16.7 Å². The largest absolute Gasteiger partial charge is 0.487 e. The van der Waals surface area contributed by atoms with Crippen molar-refractivity contribution in [2.45, 2.75) is 112 Å². The van der Waals surface area contributed by atoms with Gasteiger partial charge in [0.2, 0.25) is 0 Å². The Morgan fingerprint density at radius 3 is 1.89 bits per heavy atom. The number of rotatable bonds is 9. The highest BCUT2D eigenvalue weighted by molar-refractivity contribution is 5.37. The molecule has 4 heteroatoms. The van der Waals surface area contributed by atoms with Crippen LogP contribution >= 0.6 is 0 Å². The molecule has 1 heterocycles. The monoisotopic (exact) mass is 600 g/mol. The maximum absolute atomic E-state index is 11.3. The number of allylic oxidation sites excluding steroid dienone is 15. The van der Waals surface area contributed by atoms with Crippen LogP contribution < -0.4 is 0 Å². The van der Waals surface area contributed by atoms with Crippen molar-refractivity contribution in [2.75, 3.05) is 0 Å². The Labute approximate surface area is 267 Å². The molecule has 240 valence electrons. The molecule has 0 aromatic heterocycles. The summed E-state index contributed by atoms with van der Waals surface area (Å²) in [6.45, 7) is 20.7. The van der Waals surface area contributed by atoms with Crippen molar-refractivity contribution in [3.8, 4) is 0 Å². The smallest absolute Gasteiger partial charge is 0.119 e. The number of ether oxygens (including phenoxy) is 1. The lowest BCUT2D eigenvalue weighted by atomic mass is 9.61. The number of fused-ring (bicyclic) bond motifs is 1. The quantitative estimate of drug-likeness (QED) is 0.183. The lowest BCUT2D eigenvalue weighted by Crippen LogP contribution is -2.49. The van der Waals surface area contributed by atoms with Crippen LogP contribution in [-0.4, -0.2) is 38.7 Å². The second-order valence-electron chi connectivity index (χ2n) is 14.8. The van der Waals surface area contributed by atoms with E-state index in [1.54, 1.807) is 6.08 Å². The van der Waals surface area contributed by atoms with Crippen LogP contribution in [0.15, 0.2) is 119 Å². The molecule has 0 aromatic rings. The van der Waals surface area contributed by atoms with Crippen LogP contribution in [0, 0.1) is 16.7 Å². The Morgan fingerprint density at radius 1 is 0.750 bits per heavy atom. The summed E-state index contributed by atoms with van der Waals surface area (Å²) in [5.41, 5.74) is 3.31. The summed E-state index contributed by atoms with van der Waals surface area (Å²) in [5, 5.41) is 31.8. The van der Waals surface area contributed by atoms with Crippen molar-refractivity contribution >= 4 is 0 Å². The average molecular weight is 601 g/mol. The van der Waals surface area contributed by atoms with Crippen LogP contribution in [0.3, 0.4) is 0 Å². The molecule has 0 saturated heterocycles. The lowest BCUT2D eigenvalue weighted by molar-refractivity contribution is -0.104. The van der Waals surface area contributed by atoms with E-state index >= 15 is 0 Å². The van der Waals surface area contributed by atoms with Gasteiger partial charge < -0.3 is 20.1 Å². The van der Waals surface area contributed by atoms with Crippen LogP contribution in [0.2, 0.25) is 0 Å². The number of aliphatic hydroxyl groups is 3. The van der Waals surface area contributed by atoms with Crippen molar-refractivity contribution < 1.29 is 20.1 Å². The third kappa shape index (κ3) is 8.62. The molecule has 5 atom stereocenters. The average Bonchev–Trinajstić information content (AvgIpc) is 3.26. The number of aliphatic hydroxyl groups excluding tert-OH is 2. The minimum Gasteiger partial charge on any atom is -0.487 e. The molecular formula is C40H56O4. The second kappa shape index (κ2) is 14.0. The molecule has 2 aliphatic carbocycles. The summed E-state index contributed by atoms with van der Waals surface area (Å²) >= 11 is 0. The summed E-state index contributed by atoms with van der Waals surface area (Å²) in [7, 11) is 0. The Balaban J connectivity index is 1.54. The van der Waals surface area contributed by atoms with Crippen molar-refractivity contribution in [3.63, 3.8) is 0 Å². The first-order valence-corrected chi connectivity index (χ1v) is 16.0. The van der Waals surface area contributed by atoms with Gasteiger partial charge in [0.05, 0.1) is 12.2 Å². The van der Waals surface area contributed by atoms with Gasteiger partial charge in [-0.15, -0.1) is 0 Å². The molecule has 0 amide bonds. The standard InChI is InChI=1S/C40H56O4/c1-28(17-13-18-30(3)21-22-40(43)32(5)23-33(41)26-38(40,8)9)15-11-12-16-29(2)19-14-20-31(4)35-24-36-37(6,7)25-34(42)27-39(36,10)44-35/h11-24,33-34,36,41-43H,25-27H2,1-10H3/b12-11+,17-13+,19-14+,22-21+,28-15+,29-16+,30-18+,31-20+. The molecule has 0 bridgehead atoms. The summed E-state index contributed by atoms with van der Waals surface area (Å²) in [6.07, 6.45) is 29.6. The Hall–Kier alpha value is -2.92. The molecule has 0 aromatic carbocycles. The van der Waals surface area contributed by atoms with Crippen molar-refractivity contribution in [3.05, 3.63) is 119 Å². The van der Waals surface area contributed by atoms with E-state index in [0.717, 1.165) is 40.0 Å². The minimum absolute atomic E-state index is 0.00549. The fourth-order valence-electron chi connectivity index (χ4n) is 7.04. The molecule has 5 unspecified atom stereocenters. The van der Waals surface area contributed by atoms with Gasteiger partial charge in [0.1, 0.15) is 17.0 Å². The third-order valence-electron chi connectivity index (χ3n) is 9.59. The van der Waals surface area contributed by atoms with Gasteiger partial charge in [0, 0.05) is 17.8 Å². The second-order valence-corrected chi connectivity index (χ2v) is 14.8. The molecule has 1 fully saturated rings. The maximum Gasteiger partial charge on any atom is 0.119 e. The van der Waals surface area contributed by atoms with Gasteiger partial charge in [0.25, 0.3) is 0 Å². The van der Waals surface area contributed by atoms with E-state index in [-0.39, 0.29) is 17.1 Å². The zero-order valence-electron chi connectivity index (χ0n) is 28.7. The predicted octanol–water partition coefficient (Wildman–Crippen LogP) is 8.93. The van der Waals surface area contributed by atoms with Gasteiger partial charge in [-0.05, 0) is 83.1 Å². The van der Waals surface area contributed by atoms with Gasteiger partial charge in [-0.3, -0.25) is 0 Å². The lowest BCUT2D eigenvalue weighted by Gasteiger charge is -2.47. The highest BCUT2D eigenvalue weighted by Crippen LogP contribution is 2.53. The molecule has 44 heavy (non-hydrogen) atoms. The zero-order valence-corrected chi connectivity index (χ0v) is 28.7. The van der Waals surface area contributed by atoms with Crippen molar-refractivity contribution in [1.82, 2.24) is 0 Å². The van der Waals surface area contributed by atoms with E-state index in [9.17, 15) is 15.3 Å². The molecule has 1 saturated carbocycles. The zero-order chi connectivity index (χ0) is 32.9. The first-order valence-electron chi connectivity index (χ1n) is 16.0. The van der Waals surface area contributed by atoms with Crippen LogP contribution in [0.25, 0.3) is 0 Å². The molecule has 1 aliphatic heterocycles. The van der Waals surface area contributed by atoms with Crippen molar-refractivity contribution in [1.29, 1.82) is 0 Å². The number of hydrogen-bond acceptors (Lipinski definition) is 4. The first-order chi connectivity index (χ1) is 20.4.